The van der Waals surface area contributed by atoms with E-state index < -0.39 is 0 Å². The Labute approximate surface area is 668 Å². The van der Waals surface area contributed by atoms with Crippen LogP contribution in [0.5, 0.6) is 0 Å². The summed E-state index contributed by atoms with van der Waals surface area (Å²) < 4.78 is 37.8. The van der Waals surface area contributed by atoms with E-state index in [0.717, 1.165) is 0 Å². The van der Waals surface area contributed by atoms with Crippen LogP contribution in [0.2, 0.25) is 0 Å². The summed E-state index contributed by atoms with van der Waals surface area (Å²) in [4.78, 5) is 130. The molecule has 0 saturated carbocycles. The molecule has 0 aliphatic carbocycles. The van der Waals surface area contributed by atoms with E-state index in [1.54, 1.807) is 36.4 Å². The quantitative estimate of drug-likeness (QED) is 0.107. The van der Waals surface area contributed by atoms with E-state index in [9.17, 15) is 43.2 Å². The fourth-order valence-electron chi connectivity index (χ4n) is 9.98. The third kappa shape index (κ3) is 20.0. The van der Waals surface area contributed by atoms with E-state index in [0.29, 0.717) is 260 Å². The van der Waals surface area contributed by atoms with Crippen LogP contribution < -0.4 is 26.6 Å². The third-order valence-corrected chi connectivity index (χ3v) is 24.9. The van der Waals surface area contributed by atoms with Crippen LogP contribution in [0.15, 0.2) is 0 Å². The standard InChI is InChI=1S/C20H25I3N4O5.2C19H23I3N4O5/c1-3-25(2)20(30)24-17-15(22)12(18(28)26-4-8-31-9-5-26)14(21)13(16(17)23)19(29)27-6-10-32-11-7-27;2*1-2-23-19(29)24-16-14(21)11(17(27)25-3-7-30-8-4-25)13(20)12(15(16)22)18(28)26-5-9-31-10-6-26/h3-11H2,1-2H3,(H,24,30);2*2-10H2,1H3,(H2,23,24,29). The highest BCUT2D eigenvalue weighted by Crippen LogP contribution is 2.41. The highest BCUT2D eigenvalue weighted by atomic mass is 127. The van der Waals surface area contributed by atoms with E-state index in [-0.39, 0.29) is 53.5 Å². The molecule has 6 aliphatic heterocycles. The first-order valence-electron chi connectivity index (χ1n) is 30.0. The van der Waals surface area contributed by atoms with Crippen molar-refractivity contribution in [3.8, 4) is 0 Å². The number of nitrogens with one attached hydrogen (secondary N) is 5. The number of morpholine rings is 6. The fraction of sp³-hybridized carbons (Fsp3) is 0.534. The number of benzene rings is 3. The van der Waals surface area contributed by atoms with Crippen LogP contribution in [0, 0.1) is 32.1 Å². The zero-order chi connectivity index (χ0) is 68.5. The van der Waals surface area contributed by atoms with Crippen LogP contribution in [0.3, 0.4) is 0 Å². The van der Waals surface area contributed by atoms with Crippen molar-refractivity contribution in [2.75, 3.05) is 200 Å². The number of nitrogens with zero attached hydrogens (tertiary/aromatic N) is 7. The normalized spacial score (nSPS) is 16.7. The molecule has 0 radical (unpaired) electrons. The van der Waals surface area contributed by atoms with E-state index in [1.165, 1.54) is 4.90 Å². The lowest BCUT2D eigenvalue weighted by Crippen LogP contribution is -2.43. The molecule has 6 heterocycles. The first-order chi connectivity index (χ1) is 45.0. The van der Waals surface area contributed by atoms with Gasteiger partial charge in [0.25, 0.3) is 35.4 Å². The van der Waals surface area contributed by atoms with Gasteiger partial charge in [0.2, 0.25) is 0 Å². The number of urea groups is 3. The van der Waals surface area contributed by atoms with Crippen molar-refractivity contribution in [1.82, 2.24) is 44.9 Å². The van der Waals surface area contributed by atoms with Crippen LogP contribution in [-0.4, -0.2) is 272 Å². The van der Waals surface area contributed by atoms with Crippen molar-refractivity contribution < 1.29 is 71.6 Å². The maximum atomic E-state index is 13.5. The van der Waals surface area contributed by atoms with Gasteiger partial charge in [-0.3, -0.25) is 28.8 Å². The summed E-state index contributed by atoms with van der Waals surface area (Å²) in [5.74, 6) is -0.971. The molecular weight excluding hydrogens is 2250 g/mol. The molecule has 6 fully saturated rings. The molecule has 6 aliphatic rings. The third-order valence-electron chi connectivity index (χ3n) is 15.2. The second-order valence-corrected chi connectivity index (χ2v) is 30.8. The highest BCUT2D eigenvalue weighted by molar-refractivity contribution is 14.1. The van der Waals surface area contributed by atoms with Crippen LogP contribution >= 0.6 is 203 Å². The Kier molecular flexibility index (Phi) is 33.3. The summed E-state index contributed by atoms with van der Waals surface area (Å²) >= 11 is 18.8. The van der Waals surface area contributed by atoms with Crippen LogP contribution in [0.1, 0.15) is 82.9 Å². The van der Waals surface area contributed by atoms with Gasteiger partial charge in [-0.15, -0.1) is 0 Å². The summed E-state index contributed by atoms with van der Waals surface area (Å²) in [6.45, 7) is 18.6. The van der Waals surface area contributed by atoms with Crippen molar-refractivity contribution in [2.45, 2.75) is 20.8 Å². The van der Waals surface area contributed by atoms with Crippen molar-refractivity contribution in [3.63, 3.8) is 0 Å². The molecule has 9 rings (SSSR count). The molecular formula is C58H71I9N12O15. The number of rotatable bonds is 12. The first-order valence-corrected chi connectivity index (χ1v) is 39.7. The Morgan fingerprint density at radius 3 is 0.670 bits per heavy atom. The van der Waals surface area contributed by atoms with Crippen molar-refractivity contribution in [1.29, 1.82) is 0 Å². The number of anilines is 3. The van der Waals surface area contributed by atoms with Crippen LogP contribution in [0.25, 0.3) is 0 Å². The summed E-state index contributed by atoms with van der Waals surface area (Å²) in [5.41, 5.74) is 4.07. The number of hydrogen-bond acceptors (Lipinski definition) is 15. The minimum absolute atomic E-state index is 0.158. The second-order valence-electron chi connectivity index (χ2n) is 21.0. The monoisotopic (exact) mass is 2320 g/mol. The van der Waals surface area contributed by atoms with E-state index in [1.807, 2.05) is 20.8 Å². The lowest BCUT2D eigenvalue weighted by Gasteiger charge is -2.31. The molecule has 6 saturated heterocycles. The minimum Gasteiger partial charge on any atom is -0.378 e. The van der Waals surface area contributed by atoms with Gasteiger partial charge in [0, 0.05) is 116 Å². The summed E-state index contributed by atoms with van der Waals surface area (Å²) in [7, 11) is 1.70. The maximum Gasteiger partial charge on any atom is 0.321 e. The number of ether oxygens (including phenoxy) is 6. The molecule has 516 valence electrons. The molecule has 5 N–H and O–H groups in total. The van der Waals surface area contributed by atoms with Gasteiger partial charge in [-0.1, -0.05) is 0 Å². The van der Waals surface area contributed by atoms with E-state index in [4.69, 9.17) is 28.4 Å². The molecule has 3 aromatic carbocycles. The second kappa shape index (κ2) is 39.2. The molecule has 3 aromatic rings. The van der Waals surface area contributed by atoms with Crippen molar-refractivity contribution in [2.24, 2.45) is 0 Å². The molecule has 94 heavy (non-hydrogen) atoms. The zero-order valence-corrected chi connectivity index (χ0v) is 71.2. The molecule has 0 atom stereocenters. The number of hydrogen-bond donors (Lipinski definition) is 5. The highest BCUT2D eigenvalue weighted by Gasteiger charge is 2.37. The van der Waals surface area contributed by atoms with Gasteiger partial charge < -0.3 is 89.3 Å². The molecule has 27 nitrogen and oxygen atoms in total. The summed E-state index contributed by atoms with van der Waals surface area (Å²) in [6, 6.07) is -1.05. The van der Waals surface area contributed by atoms with E-state index in [2.05, 4.69) is 230 Å². The predicted octanol–water partition coefficient (Wildman–Crippen LogP) is 8.10. The fourth-order valence-corrected chi connectivity index (χ4v) is 23.1. The Bertz CT molecular complexity index is 3010. The van der Waals surface area contributed by atoms with Gasteiger partial charge >= 0.3 is 18.1 Å². The predicted molar refractivity (Wildman–Crippen MR) is 427 cm³/mol. The Morgan fingerprint density at radius 1 is 0.319 bits per heavy atom. The Hall–Kier alpha value is -1.38. The maximum absolute atomic E-state index is 13.5. The van der Waals surface area contributed by atoms with Crippen LogP contribution in [0.4, 0.5) is 31.4 Å². The average Bonchev–Trinajstić information content (AvgIpc) is 0.776. The zero-order valence-electron chi connectivity index (χ0n) is 51.7. The van der Waals surface area contributed by atoms with Gasteiger partial charge in [0.15, 0.2) is 0 Å². The van der Waals surface area contributed by atoms with Crippen LogP contribution in [-0.2, 0) is 28.4 Å². The lowest BCUT2D eigenvalue weighted by atomic mass is 10.1. The number of carbonyl (C=O) groups excluding carboxylic acids is 9. The first kappa shape index (κ1) is 79.9. The summed E-state index contributed by atoms with van der Waals surface area (Å²) in [5, 5.41) is 14.0. The minimum atomic E-state index is -0.380. The Balaban J connectivity index is 0.000000200. The number of halogens is 9. The molecule has 0 aromatic heterocycles. The number of carbonyl (C=O) groups is 9. The molecule has 36 heteroatoms. The molecule has 12 amide bonds. The van der Waals surface area contributed by atoms with E-state index >= 15 is 0 Å². The van der Waals surface area contributed by atoms with Crippen molar-refractivity contribution >= 4 is 274 Å². The SMILES string of the molecule is CCN(C)C(=O)Nc1c(I)c(C(=O)N2CCOCC2)c(I)c(C(=O)N2CCOCC2)c1I.CCNC(=O)Nc1c(I)c(C(=O)N2CCOCC2)c(I)c(C(=O)N2CCOCC2)c1I.CCNC(=O)Nc1c(I)c(C(=O)N2CCOCC2)c(I)c(C(=O)N2CCOCC2)c1I. The van der Waals surface area contributed by atoms with Gasteiger partial charge in [0.05, 0.1) is 151 Å². The summed E-state index contributed by atoms with van der Waals surface area (Å²) in [6.07, 6.45) is 0. The van der Waals surface area contributed by atoms with Crippen molar-refractivity contribution in [3.05, 3.63) is 65.5 Å². The lowest BCUT2D eigenvalue weighted by molar-refractivity contribution is 0.0293. The smallest absolute Gasteiger partial charge is 0.321 e. The van der Waals surface area contributed by atoms with Gasteiger partial charge in [-0.2, -0.15) is 0 Å². The van der Waals surface area contributed by atoms with Gasteiger partial charge in [0.1, 0.15) is 0 Å². The average molecular weight is 2320 g/mol. The topological polar surface area (TPSA) is 292 Å². The van der Waals surface area contributed by atoms with Gasteiger partial charge in [-0.25, -0.2) is 14.4 Å². The molecule has 0 unspecified atom stereocenters. The largest absolute Gasteiger partial charge is 0.378 e. The Morgan fingerprint density at radius 2 is 0.500 bits per heavy atom. The number of amides is 12. The molecule has 0 spiro atoms. The van der Waals surface area contributed by atoms with Gasteiger partial charge in [-0.05, 0) is 224 Å². The molecule has 0 bridgehead atoms.